The van der Waals surface area contributed by atoms with Crippen molar-refractivity contribution in [2.75, 3.05) is 6.79 Å². The van der Waals surface area contributed by atoms with Gasteiger partial charge in [-0.25, -0.2) is 4.39 Å². The molecule has 3 rings (SSSR count). The minimum atomic E-state index is -0.412. The second-order valence-corrected chi connectivity index (χ2v) is 4.92. The third kappa shape index (κ3) is 2.78. The summed E-state index contributed by atoms with van der Waals surface area (Å²) in [6, 6.07) is 9.96. The molecule has 1 heterocycles. The first-order valence-corrected chi connectivity index (χ1v) is 6.70. The quantitative estimate of drug-likeness (QED) is 0.939. The van der Waals surface area contributed by atoms with Crippen LogP contribution in [-0.2, 0) is 6.61 Å². The van der Waals surface area contributed by atoms with Crippen LogP contribution in [0.25, 0.3) is 0 Å². The van der Waals surface area contributed by atoms with Crippen LogP contribution in [0.4, 0.5) is 4.39 Å². The highest BCUT2D eigenvalue weighted by molar-refractivity contribution is 5.44. The first-order valence-electron chi connectivity index (χ1n) is 6.70. The van der Waals surface area contributed by atoms with Crippen LogP contribution in [0.15, 0.2) is 36.4 Å². The Balaban J connectivity index is 1.79. The molecular weight excluding hydrogens is 273 g/mol. The maximum Gasteiger partial charge on any atom is 0.231 e. The van der Waals surface area contributed by atoms with E-state index >= 15 is 0 Å². The largest absolute Gasteiger partial charge is 0.485 e. The van der Waals surface area contributed by atoms with E-state index in [1.165, 1.54) is 6.07 Å². The van der Waals surface area contributed by atoms with E-state index in [9.17, 15) is 4.39 Å². The maximum atomic E-state index is 13.9. The molecule has 2 aromatic rings. The van der Waals surface area contributed by atoms with Crippen molar-refractivity contribution in [3.05, 3.63) is 53.3 Å². The Kier molecular flexibility index (Phi) is 3.66. The molecule has 110 valence electrons. The molecule has 0 aromatic heterocycles. The zero-order valence-corrected chi connectivity index (χ0v) is 11.6. The predicted molar refractivity (Wildman–Crippen MR) is 75.9 cm³/mol. The van der Waals surface area contributed by atoms with E-state index in [2.05, 4.69) is 0 Å². The van der Waals surface area contributed by atoms with E-state index < -0.39 is 5.82 Å². The molecule has 0 saturated carbocycles. The Morgan fingerprint density at radius 3 is 2.86 bits per heavy atom. The summed E-state index contributed by atoms with van der Waals surface area (Å²) in [6.07, 6.45) is 0. The second kappa shape index (κ2) is 5.61. The predicted octanol–water partition coefficient (Wildman–Crippen LogP) is 3.15. The third-order valence-electron chi connectivity index (χ3n) is 3.31. The van der Waals surface area contributed by atoms with Crippen LogP contribution in [0.3, 0.4) is 0 Å². The van der Waals surface area contributed by atoms with Crippen LogP contribution in [0.1, 0.15) is 24.1 Å². The van der Waals surface area contributed by atoms with Crippen molar-refractivity contribution in [1.29, 1.82) is 0 Å². The molecule has 1 aliphatic rings. The van der Waals surface area contributed by atoms with Gasteiger partial charge >= 0.3 is 0 Å². The molecule has 1 aliphatic heterocycles. The van der Waals surface area contributed by atoms with Gasteiger partial charge in [-0.15, -0.1) is 0 Å². The lowest BCUT2D eigenvalue weighted by atomic mass is 10.1. The highest BCUT2D eigenvalue weighted by Gasteiger charge is 2.15. The Hall–Kier alpha value is -2.27. The van der Waals surface area contributed by atoms with Gasteiger partial charge < -0.3 is 19.9 Å². The molecular formula is C16H16FNO3. The van der Waals surface area contributed by atoms with Crippen molar-refractivity contribution in [3.63, 3.8) is 0 Å². The SMILES string of the molecule is C[C@@H](N)c1cccc(F)c1OCc1ccc2c(c1)OCO2. The van der Waals surface area contributed by atoms with Gasteiger partial charge in [0.2, 0.25) is 6.79 Å². The molecule has 21 heavy (non-hydrogen) atoms. The Bertz CT molecular complexity index is 658. The van der Waals surface area contributed by atoms with Gasteiger partial charge in [-0.3, -0.25) is 0 Å². The van der Waals surface area contributed by atoms with Gasteiger partial charge in [0.05, 0.1) is 0 Å². The van der Waals surface area contributed by atoms with Gasteiger partial charge in [0, 0.05) is 11.6 Å². The lowest BCUT2D eigenvalue weighted by Crippen LogP contribution is -2.09. The van der Waals surface area contributed by atoms with E-state index in [0.29, 0.717) is 17.1 Å². The van der Waals surface area contributed by atoms with Crippen molar-refractivity contribution >= 4 is 0 Å². The standard InChI is InChI=1S/C16H16FNO3/c1-10(18)12-3-2-4-13(17)16(12)19-8-11-5-6-14-15(7-11)21-9-20-14/h2-7,10H,8-9,18H2,1H3/t10-/m1/s1. The van der Waals surface area contributed by atoms with Crippen molar-refractivity contribution in [1.82, 2.24) is 0 Å². The van der Waals surface area contributed by atoms with Crippen molar-refractivity contribution < 1.29 is 18.6 Å². The Labute approximate surface area is 122 Å². The molecule has 2 N–H and O–H groups in total. The molecule has 0 bridgehead atoms. The summed E-state index contributed by atoms with van der Waals surface area (Å²) in [7, 11) is 0. The van der Waals surface area contributed by atoms with Crippen LogP contribution >= 0.6 is 0 Å². The average Bonchev–Trinajstić information content (AvgIpc) is 2.93. The van der Waals surface area contributed by atoms with Crippen LogP contribution in [0.2, 0.25) is 0 Å². The summed E-state index contributed by atoms with van der Waals surface area (Å²) in [5, 5.41) is 0. The van der Waals surface area contributed by atoms with Gasteiger partial charge in [0.25, 0.3) is 0 Å². The molecule has 0 unspecified atom stereocenters. The summed E-state index contributed by atoms with van der Waals surface area (Å²) < 4.78 is 30.1. The zero-order chi connectivity index (χ0) is 14.8. The molecule has 0 radical (unpaired) electrons. The molecule has 2 aromatic carbocycles. The number of hydrogen-bond acceptors (Lipinski definition) is 4. The first kappa shape index (κ1) is 13.7. The summed E-state index contributed by atoms with van der Waals surface area (Å²) in [5.74, 6) is 1.17. The number of halogens is 1. The maximum absolute atomic E-state index is 13.9. The highest BCUT2D eigenvalue weighted by Crippen LogP contribution is 2.33. The monoisotopic (exact) mass is 289 g/mol. The fraction of sp³-hybridized carbons (Fsp3) is 0.250. The van der Waals surface area contributed by atoms with Gasteiger partial charge in [-0.1, -0.05) is 18.2 Å². The third-order valence-corrected chi connectivity index (χ3v) is 3.31. The molecule has 4 nitrogen and oxygen atoms in total. The first-order chi connectivity index (χ1) is 10.1. The van der Waals surface area contributed by atoms with E-state index in [4.69, 9.17) is 19.9 Å². The molecule has 5 heteroatoms. The lowest BCUT2D eigenvalue weighted by molar-refractivity contribution is 0.174. The summed E-state index contributed by atoms with van der Waals surface area (Å²) >= 11 is 0. The highest BCUT2D eigenvalue weighted by atomic mass is 19.1. The number of rotatable bonds is 4. The topological polar surface area (TPSA) is 53.7 Å². The van der Waals surface area contributed by atoms with Crippen LogP contribution in [0.5, 0.6) is 17.2 Å². The van der Waals surface area contributed by atoms with E-state index in [0.717, 1.165) is 5.56 Å². The number of benzene rings is 2. The van der Waals surface area contributed by atoms with Crippen LogP contribution in [0, 0.1) is 5.82 Å². The normalized spacial score (nSPS) is 14.0. The lowest BCUT2D eigenvalue weighted by Gasteiger charge is -2.15. The zero-order valence-electron chi connectivity index (χ0n) is 11.6. The number of ether oxygens (including phenoxy) is 3. The van der Waals surface area contributed by atoms with Crippen molar-refractivity contribution in [2.24, 2.45) is 5.73 Å². The van der Waals surface area contributed by atoms with Crippen molar-refractivity contribution in [2.45, 2.75) is 19.6 Å². The minimum Gasteiger partial charge on any atom is -0.485 e. The molecule has 0 saturated heterocycles. The molecule has 0 fully saturated rings. The molecule has 0 aliphatic carbocycles. The van der Waals surface area contributed by atoms with Gasteiger partial charge in [-0.05, 0) is 30.7 Å². The number of para-hydroxylation sites is 1. The van der Waals surface area contributed by atoms with Crippen molar-refractivity contribution in [3.8, 4) is 17.2 Å². The minimum absolute atomic E-state index is 0.199. The van der Waals surface area contributed by atoms with E-state index in [1.807, 2.05) is 18.2 Å². The summed E-state index contributed by atoms with van der Waals surface area (Å²) in [6.45, 7) is 2.25. The average molecular weight is 289 g/mol. The van der Waals surface area contributed by atoms with Crippen LogP contribution < -0.4 is 19.9 Å². The number of hydrogen-bond donors (Lipinski definition) is 1. The fourth-order valence-corrected chi connectivity index (χ4v) is 2.22. The Morgan fingerprint density at radius 1 is 1.24 bits per heavy atom. The fourth-order valence-electron chi connectivity index (χ4n) is 2.22. The number of nitrogens with two attached hydrogens (primary N) is 1. The Morgan fingerprint density at radius 2 is 2.05 bits per heavy atom. The van der Waals surface area contributed by atoms with E-state index in [1.54, 1.807) is 19.1 Å². The summed E-state index contributed by atoms with van der Waals surface area (Å²) in [4.78, 5) is 0. The van der Waals surface area contributed by atoms with Crippen LogP contribution in [-0.4, -0.2) is 6.79 Å². The molecule has 0 spiro atoms. The van der Waals surface area contributed by atoms with E-state index in [-0.39, 0.29) is 25.2 Å². The van der Waals surface area contributed by atoms with Gasteiger partial charge in [-0.2, -0.15) is 0 Å². The molecule has 0 amide bonds. The number of fused-ring (bicyclic) bond motifs is 1. The second-order valence-electron chi connectivity index (χ2n) is 4.92. The van der Waals surface area contributed by atoms with Gasteiger partial charge in [0.15, 0.2) is 23.1 Å². The molecule has 1 atom stereocenters. The smallest absolute Gasteiger partial charge is 0.231 e. The summed E-state index contributed by atoms with van der Waals surface area (Å²) in [5.41, 5.74) is 7.37. The van der Waals surface area contributed by atoms with Gasteiger partial charge in [0.1, 0.15) is 6.61 Å².